The minimum absolute atomic E-state index is 0.216. The average molecular weight is 306 g/mol. The maximum Gasteiger partial charge on any atom is 0.185 e. The van der Waals surface area contributed by atoms with Gasteiger partial charge >= 0.3 is 0 Å². The lowest BCUT2D eigenvalue weighted by Crippen LogP contribution is -2.37. The Kier molecular flexibility index (Phi) is 4.51. The maximum absolute atomic E-state index is 13.0. The number of halogens is 1. The Morgan fingerprint density at radius 1 is 1.29 bits per heavy atom. The first-order valence-corrected chi connectivity index (χ1v) is 8.22. The van der Waals surface area contributed by atoms with Crippen LogP contribution in [0.25, 0.3) is 11.3 Å². The van der Waals surface area contributed by atoms with Crippen molar-refractivity contribution < 1.29 is 9.13 Å². The van der Waals surface area contributed by atoms with E-state index in [4.69, 9.17) is 4.74 Å². The van der Waals surface area contributed by atoms with Gasteiger partial charge < -0.3 is 9.64 Å². The zero-order chi connectivity index (χ0) is 14.7. The van der Waals surface area contributed by atoms with Crippen molar-refractivity contribution in [3.63, 3.8) is 0 Å². The van der Waals surface area contributed by atoms with Gasteiger partial charge in [-0.3, -0.25) is 0 Å². The van der Waals surface area contributed by atoms with Crippen molar-refractivity contribution in [1.29, 1.82) is 0 Å². The summed E-state index contributed by atoms with van der Waals surface area (Å²) in [5.74, 6) is -0.216. The van der Waals surface area contributed by atoms with Crippen LogP contribution in [0.5, 0.6) is 0 Å². The second-order valence-corrected chi connectivity index (χ2v) is 6.00. The van der Waals surface area contributed by atoms with Crippen molar-refractivity contribution in [2.75, 3.05) is 24.6 Å². The summed E-state index contributed by atoms with van der Waals surface area (Å²) >= 11 is 1.65. The fourth-order valence-corrected chi connectivity index (χ4v) is 3.50. The molecule has 1 aromatic carbocycles. The number of aromatic nitrogens is 1. The highest BCUT2D eigenvalue weighted by molar-refractivity contribution is 7.14. The van der Waals surface area contributed by atoms with Crippen LogP contribution >= 0.6 is 11.3 Å². The van der Waals surface area contributed by atoms with Gasteiger partial charge in [0.25, 0.3) is 0 Å². The van der Waals surface area contributed by atoms with Crippen LogP contribution in [0.4, 0.5) is 9.52 Å². The molecular formula is C16H19FN2OS. The summed E-state index contributed by atoms with van der Waals surface area (Å²) in [6.45, 7) is 4.81. The summed E-state index contributed by atoms with van der Waals surface area (Å²) in [7, 11) is 0. The minimum atomic E-state index is -0.216. The standard InChI is InChI=1S/C16H19FN2OS/c1-2-20-14-7-9-19(10-8-14)16-18-15(11-21-16)12-3-5-13(17)6-4-12/h3-6,11,14H,2,7-10H2,1H3. The molecule has 3 rings (SSSR count). The van der Waals surface area contributed by atoms with Crippen LogP contribution in [-0.2, 0) is 4.74 Å². The van der Waals surface area contributed by atoms with Crippen molar-refractivity contribution in [1.82, 2.24) is 4.98 Å². The predicted octanol–water partition coefficient (Wildman–Crippen LogP) is 3.95. The van der Waals surface area contributed by atoms with Gasteiger partial charge in [-0.2, -0.15) is 0 Å². The van der Waals surface area contributed by atoms with E-state index in [2.05, 4.69) is 9.88 Å². The molecule has 0 N–H and O–H groups in total. The number of hydrogen-bond donors (Lipinski definition) is 0. The van der Waals surface area contributed by atoms with Gasteiger partial charge in [-0.1, -0.05) is 0 Å². The topological polar surface area (TPSA) is 25.4 Å². The van der Waals surface area contributed by atoms with Crippen LogP contribution in [0, 0.1) is 5.82 Å². The van der Waals surface area contributed by atoms with Crippen molar-refractivity contribution >= 4 is 16.5 Å². The first-order valence-electron chi connectivity index (χ1n) is 7.34. The number of ether oxygens (including phenoxy) is 1. The summed E-state index contributed by atoms with van der Waals surface area (Å²) in [5.41, 5.74) is 1.88. The second-order valence-electron chi connectivity index (χ2n) is 5.16. The highest BCUT2D eigenvalue weighted by Gasteiger charge is 2.21. The third kappa shape index (κ3) is 3.41. The smallest absolute Gasteiger partial charge is 0.185 e. The summed E-state index contributed by atoms with van der Waals surface area (Å²) in [4.78, 5) is 7.00. The van der Waals surface area contributed by atoms with E-state index in [9.17, 15) is 4.39 Å². The molecule has 1 aliphatic heterocycles. The van der Waals surface area contributed by atoms with Gasteiger partial charge in [-0.25, -0.2) is 9.37 Å². The predicted molar refractivity (Wildman–Crippen MR) is 84.4 cm³/mol. The van der Waals surface area contributed by atoms with Crippen molar-refractivity contribution in [3.05, 3.63) is 35.5 Å². The average Bonchev–Trinajstić information content (AvgIpc) is 2.99. The van der Waals surface area contributed by atoms with Gasteiger partial charge in [-0.15, -0.1) is 11.3 Å². The van der Waals surface area contributed by atoms with E-state index in [0.717, 1.165) is 48.9 Å². The van der Waals surface area contributed by atoms with E-state index in [1.54, 1.807) is 23.5 Å². The molecule has 2 aromatic rings. The lowest BCUT2D eigenvalue weighted by Gasteiger charge is -2.31. The zero-order valence-electron chi connectivity index (χ0n) is 12.1. The van der Waals surface area contributed by atoms with Crippen LogP contribution < -0.4 is 4.90 Å². The normalized spacial score (nSPS) is 16.4. The molecule has 112 valence electrons. The molecule has 1 aliphatic rings. The summed E-state index contributed by atoms with van der Waals surface area (Å²) < 4.78 is 18.6. The highest BCUT2D eigenvalue weighted by Crippen LogP contribution is 2.29. The molecular weight excluding hydrogens is 287 g/mol. The van der Waals surface area contributed by atoms with Gasteiger partial charge in [0.15, 0.2) is 5.13 Å². The molecule has 0 saturated carbocycles. The van der Waals surface area contributed by atoms with Crippen LogP contribution in [0.1, 0.15) is 19.8 Å². The SMILES string of the molecule is CCOC1CCN(c2nc(-c3ccc(F)cc3)cs2)CC1. The summed E-state index contributed by atoms with van der Waals surface area (Å²) in [6.07, 6.45) is 2.50. The van der Waals surface area contributed by atoms with Gasteiger partial charge in [0.1, 0.15) is 5.82 Å². The molecule has 1 fully saturated rings. The molecule has 2 heterocycles. The van der Waals surface area contributed by atoms with Gasteiger partial charge in [0.2, 0.25) is 0 Å². The first kappa shape index (κ1) is 14.5. The van der Waals surface area contributed by atoms with Crippen LogP contribution in [0.2, 0.25) is 0 Å². The zero-order valence-corrected chi connectivity index (χ0v) is 12.9. The number of rotatable bonds is 4. The molecule has 0 radical (unpaired) electrons. The number of nitrogens with zero attached hydrogens (tertiary/aromatic N) is 2. The third-order valence-corrected chi connectivity index (χ3v) is 4.65. The van der Waals surface area contributed by atoms with E-state index in [1.807, 2.05) is 12.3 Å². The molecule has 3 nitrogen and oxygen atoms in total. The number of hydrogen-bond acceptors (Lipinski definition) is 4. The largest absolute Gasteiger partial charge is 0.378 e. The molecule has 0 atom stereocenters. The molecule has 0 spiro atoms. The lowest BCUT2D eigenvalue weighted by molar-refractivity contribution is 0.0459. The molecule has 0 bridgehead atoms. The summed E-state index contributed by atoms with van der Waals surface area (Å²) in [6, 6.07) is 6.49. The minimum Gasteiger partial charge on any atom is -0.378 e. The van der Waals surface area contributed by atoms with E-state index >= 15 is 0 Å². The Balaban J connectivity index is 1.67. The Hall–Kier alpha value is -1.46. The number of piperidine rings is 1. The van der Waals surface area contributed by atoms with Crippen LogP contribution in [-0.4, -0.2) is 30.8 Å². The molecule has 1 saturated heterocycles. The Labute approximate surface area is 128 Å². The molecule has 0 aliphatic carbocycles. The quantitative estimate of drug-likeness (QED) is 0.855. The van der Waals surface area contributed by atoms with Gasteiger partial charge in [0, 0.05) is 30.6 Å². The maximum atomic E-state index is 13.0. The third-order valence-electron chi connectivity index (χ3n) is 3.75. The molecule has 21 heavy (non-hydrogen) atoms. The van der Waals surface area contributed by atoms with Gasteiger partial charge in [-0.05, 0) is 44.0 Å². The molecule has 0 amide bonds. The fraction of sp³-hybridized carbons (Fsp3) is 0.438. The van der Waals surface area contributed by atoms with Crippen LogP contribution in [0.15, 0.2) is 29.6 Å². The Bertz CT molecular complexity index is 576. The van der Waals surface area contributed by atoms with E-state index in [-0.39, 0.29) is 5.82 Å². The second kappa shape index (κ2) is 6.54. The van der Waals surface area contributed by atoms with Crippen molar-refractivity contribution in [2.24, 2.45) is 0 Å². The number of benzene rings is 1. The number of anilines is 1. The fourth-order valence-electron chi connectivity index (χ4n) is 2.61. The van der Waals surface area contributed by atoms with E-state index in [1.165, 1.54) is 12.1 Å². The number of thiazole rings is 1. The molecule has 5 heteroatoms. The van der Waals surface area contributed by atoms with Gasteiger partial charge in [0.05, 0.1) is 11.8 Å². The Morgan fingerprint density at radius 3 is 2.67 bits per heavy atom. The monoisotopic (exact) mass is 306 g/mol. The van der Waals surface area contributed by atoms with Crippen LogP contribution in [0.3, 0.4) is 0 Å². The molecule has 1 aromatic heterocycles. The van der Waals surface area contributed by atoms with Crippen molar-refractivity contribution in [2.45, 2.75) is 25.9 Å². The van der Waals surface area contributed by atoms with E-state index < -0.39 is 0 Å². The van der Waals surface area contributed by atoms with Crippen molar-refractivity contribution in [3.8, 4) is 11.3 Å². The van der Waals surface area contributed by atoms with E-state index in [0.29, 0.717) is 6.10 Å². The molecule has 0 unspecified atom stereocenters. The lowest BCUT2D eigenvalue weighted by atomic mass is 10.1. The highest BCUT2D eigenvalue weighted by atomic mass is 32.1. The summed E-state index contributed by atoms with van der Waals surface area (Å²) in [5, 5.41) is 3.08. The first-order chi connectivity index (χ1) is 10.3. The Morgan fingerprint density at radius 2 is 2.00 bits per heavy atom.